The van der Waals surface area contributed by atoms with Gasteiger partial charge in [0.05, 0.1) is 0 Å². The van der Waals surface area contributed by atoms with E-state index in [9.17, 15) is 0 Å². The van der Waals surface area contributed by atoms with E-state index in [1.807, 2.05) is 49.6 Å². The summed E-state index contributed by atoms with van der Waals surface area (Å²) >= 11 is 0. The first kappa shape index (κ1) is 25.4. The Bertz CT molecular complexity index is 2100. The van der Waals surface area contributed by atoms with Crippen molar-refractivity contribution < 1.29 is 0 Å². The molecule has 206 valence electrons. The molecule has 8 nitrogen and oxygen atoms in total. The molecular weight excluding hydrogens is 544 g/mol. The minimum atomic E-state index is 0.931. The number of nitrogens with zero attached hydrogens (tertiary/aromatic N) is 8. The SMILES string of the molecule is c1cc(-c2cncnc2)c2cc(-c3cc(-c4cncnc4)c4cccc(-c5cncnc5)c4c3)cc(-c3cncnc3)c2c1. The molecule has 0 amide bonds. The Kier molecular flexibility index (Phi) is 6.27. The Hall–Kier alpha value is -6.28. The van der Waals surface area contributed by atoms with Crippen molar-refractivity contribution in [2.45, 2.75) is 0 Å². The lowest BCUT2D eigenvalue weighted by atomic mass is 9.87. The van der Waals surface area contributed by atoms with Crippen molar-refractivity contribution in [3.8, 4) is 55.6 Å². The van der Waals surface area contributed by atoms with Crippen LogP contribution < -0.4 is 0 Å². The van der Waals surface area contributed by atoms with E-state index in [4.69, 9.17) is 0 Å². The van der Waals surface area contributed by atoms with Gasteiger partial charge in [0.2, 0.25) is 0 Å². The van der Waals surface area contributed by atoms with Crippen LogP contribution in [-0.4, -0.2) is 39.9 Å². The summed E-state index contributed by atoms with van der Waals surface area (Å²) in [6.07, 6.45) is 21.0. The Labute approximate surface area is 252 Å². The van der Waals surface area contributed by atoms with Crippen molar-refractivity contribution in [3.05, 3.63) is 136 Å². The average molecular weight is 567 g/mol. The molecule has 4 heterocycles. The monoisotopic (exact) mass is 566 g/mol. The van der Waals surface area contributed by atoms with Gasteiger partial charge >= 0.3 is 0 Å². The fourth-order valence-corrected chi connectivity index (χ4v) is 5.84. The molecule has 0 radical (unpaired) electrons. The van der Waals surface area contributed by atoms with Gasteiger partial charge in [-0.25, -0.2) is 39.9 Å². The van der Waals surface area contributed by atoms with E-state index in [0.29, 0.717) is 0 Å². The molecule has 8 heteroatoms. The molecule has 0 aliphatic rings. The first-order valence-electron chi connectivity index (χ1n) is 14.0. The summed E-state index contributed by atoms with van der Waals surface area (Å²) in [7, 11) is 0. The fourth-order valence-electron chi connectivity index (χ4n) is 5.84. The smallest absolute Gasteiger partial charge is 0.115 e. The van der Waals surface area contributed by atoms with E-state index in [1.54, 1.807) is 25.3 Å². The van der Waals surface area contributed by atoms with Gasteiger partial charge < -0.3 is 0 Å². The topological polar surface area (TPSA) is 103 Å². The number of benzene rings is 4. The molecular formula is C36H22N8. The second-order valence-corrected chi connectivity index (χ2v) is 10.4. The third-order valence-corrected chi connectivity index (χ3v) is 7.81. The van der Waals surface area contributed by atoms with Crippen molar-refractivity contribution >= 4 is 21.5 Å². The number of hydrogen-bond acceptors (Lipinski definition) is 8. The van der Waals surface area contributed by atoms with Crippen molar-refractivity contribution in [2.24, 2.45) is 0 Å². The molecule has 0 N–H and O–H groups in total. The molecule has 8 aromatic rings. The third kappa shape index (κ3) is 4.51. The van der Waals surface area contributed by atoms with Crippen LogP contribution in [0.5, 0.6) is 0 Å². The molecule has 0 unspecified atom stereocenters. The lowest BCUT2D eigenvalue weighted by Crippen LogP contribution is -1.92. The van der Waals surface area contributed by atoms with Crippen LogP contribution in [0.1, 0.15) is 0 Å². The molecule has 0 fully saturated rings. The van der Waals surface area contributed by atoms with Crippen molar-refractivity contribution in [3.63, 3.8) is 0 Å². The maximum Gasteiger partial charge on any atom is 0.115 e. The van der Waals surface area contributed by atoms with Crippen LogP contribution in [0.2, 0.25) is 0 Å². The molecule has 4 aromatic carbocycles. The Balaban J connectivity index is 1.46. The van der Waals surface area contributed by atoms with Crippen LogP contribution in [-0.2, 0) is 0 Å². The van der Waals surface area contributed by atoms with Crippen LogP contribution in [0, 0.1) is 0 Å². The normalized spacial score (nSPS) is 11.2. The van der Waals surface area contributed by atoms with Gasteiger partial charge in [0.25, 0.3) is 0 Å². The van der Waals surface area contributed by atoms with E-state index < -0.39 is 0 Å². The molecule has 0 bridgehead atoms. The second-order valence-electron chi connectivity index (χ2n) is 10.4. The molecule has 44 heavy (non-hydrogen) atoms. The summed E-state index contributed by atoms with van der Waals surface area (Å²) in [4.78, 5) is 34.5. The van der Waals surface area contributed by atoms with Crippen molar-refractivity contribution in [1.29, 1.82) is 0 Å². The number of aromatic nitrogens is 8. The zero-order valence-corrected chi connectivity index (χ0v) is 23.3. The summed E-state index contributed by atoms with van der Waals surface area (Å²) < 4.78 is 0. The van der Waals surface area contributed by atoms with E-state index in [0.717, 1.165) is 77.2 Å². The largest absolute Gasteiger partial charge is 0.244 e. The first-order chi connectivity index (χ1) is 21.8. The molecule has 0 saturated heterocycles. The van der Waals surface area contributed by atoms with Crippen LogP contribution in [0.4, 0.5) is 0 Å². The lowest BCUT2D eigenvalue weighted by molar-refractivity contribution is 1.17. The highest BCUT2D eigenvalue weighted by Gasteiger charge is 2.16. The quantitative estimate of drug-likeness (QED) is 0.211. The minimum absolute atomic E-state index is 0.931. The molecule has 0 atom stereocenters. The van der Waals surface area contributed by atoms with Crippen molar-refractivity contribution in [2.75, 3.05) is 0 Å². The van der Waals surface area contributed by atoms with Gasteiger partial charge in [-0.2, -0.15) is 0 Å². The first-order valence-corrected chi connectivity index (χ1v) is 14.0. The van der Waals surface area contributed by atoms with E-state index >= 15 is 0 Å². The van der Waals surface area contributed by atoms with Gasteiger partial charge in [-0.3, -0.25) is 0 Å². The highest BCUT2D eigenvalue weighted by atomic mass is 14.8. The summed E-state index contributed by atoms with van der Waals surface area (Å²) in [5, 5.41) is 4.33. The van der Waals surface area contributed by atoms with Crippen LogP contribution in [0.15, 0.2) is 136 Å². The Morgan fingerprint density at radius 3 is 0.932 bits per heavy atom. The van der Waals surface area contributed by atoms with Gasteiger partial charge in [-0.15, -0.1) is 0 Å². The molecule has 0 spiro atoms. The second kappa shape index (κ2) is 10.8. The average Bonchev–Trinajstić information content (AvgIpc) is 3.11. The van der Waals surface area contributed by atoms with Crippen LogP contribution >= 0.6 is 0 Å². The van der Waals surface area contributed by atoms with Crippen LogP contribution in [0.3, 0.4) is 0 Å². The molecule has 4 aromatic heterocycles. The van der Waals surface area contributed by atoms with E-state index in [2.05, 4.69) is 101 Å². The van der Waals surface area contributed by atoms with E-state index in [-0.39, 0.29) is 0 Å². The van der Waals surface area contributed by atoms with Crippen LogP contribution in [0.25, 0.3) is 77.2 Å². The zero-order valence-electron chi connectivity index (χ0n) is 23.3. The minimum Gasteiger partial charge on any atom is -0.244 e. The van der Waals surface area contributed by atoms with Gasteiger partial charge in [0.15, 0.2) is 0 Å². The Morgan fingerprint density at radius 2 is 0.591 bits per heavy atom. The Morgan fingerprint density at radius 1 is 0.273 bits per heavy atom. The highest BCUT2D eigenvalue weighted by Crippen LogP contribution is 2.42. The standard InChI is InChI=1S/C36H22N8/c1-3-29(25-11-37-19-38-12-25)35-9-23(7-33(31(35)5-1)27-15-41-21-42-16-27)24-8-34(28-17-43-22-44-18-28)32-6-2-4-30(36(32)10-24)26-13-39-20-40-14-26/h1-22H. The van der Waals surface area contributed by atoms with Gasteiger partial charge in [0.1, 0.15) is 25.3 Å². The zero-order chi connectivity index (χ0) is 29.3. The molecule has 0 aliphatic carbocycles. The predicted octanol–water partition coefficient (Wildman–Crippen LogP) is 7.49. The van der Waals surface area contributed by atoms with Gasteiger partial charge in [-0.05, 0) is 79.2 Å². The van der Waals surface area contributed by atoms with E-state index in [1.165, 1.54) is 0 Å². The maximum absolute atomic E-state index is 4.33. The summed E-state index contributed by atoms with van der Waals surface area (Å²) in [6, 6.07) is 21.5. The van der Waals surface area contributed by atoms with Gasteiger partial charge in [0, 0.05) is 71.8 Å². The highest BCUT2D eigenvalue weighted by molar-refractivity contribution is 6.09. The molecule has 0 saturated carbocycles. The van der Waals surface area contributed by atoms with Crippen molar-refractivity contribution in [1.82, 2.24) is 39.9 Å². The lowest BCUT2D eigenvalue weighted by Gasteiger charge is -2.17. The molecule has 0 aliphatic heterocycles. The molecule has 8 rings (SSSR count). The third-order valence-electron chi connectivity index (χ3n) is 7.81. The summed E-state index contributed by atoms with van der Waals surface area (Å²) in [5.41, 5.74) is 9.98. The summed E-state index contributed by atoms with van der Waals surface area (Å²) in [5.74, 6) is 0. The number of rotatable bonds is 5. The summed E-state index contributed by atoms with van der Waals surface area (Å²) in [6.45, 7) is 0. The maximum atomic E-state index is 4.33. The predicted molar refractivity (Wildman–Crippen MR) is 171 cm³/mol. The number of hydrogen-bond donors (Lipinski definition) is 0. The fraction of sp³-hybridized carbons (Fsp3) is 0. The number of fused-ring (bicyclic) bond motifs is 2. The van der Waals surface area contributed by atoms with Gasteiger partial charge in [-0.1, -0.05) is 36.4 Å².